The van der Waals surface area contributed by atoms with Gasteiger partial charge in [-0.05, 0) is 38.5 Å². The minimum atomic E-state index is -4.56. The maximum absolute atomic E-state index is 12.8. The average molecular weight is 759 g/mol. The van der Waals surface area contributed by atoms with Crippen molar-refractivity contribution in [3.63, 3.8) is 0 Å². The lowest BCUT2D eigenvalue weighted by Gasteiger charge is -2.30. The predicted octanol–water partition coefficient (Wildman–Crippen LogP) is 11.3. The normalized spacial score (nSPS) is 14.5. The number of phosphoric acid groups is 1. The number of nitrogens with zero attached hydrogens (tertiary/aromatic N) is 1. The molecule has 0 radical (unpaired) electrons. The van der Waals surface area contributed by atoms with Crippen molar-refractivity contribution in [2.24, 2.45) is 0 Å². The molecular weight excluding hydrogens is 671 g/mol. The van der Waals surface area contributed by atoms with Crippen molar-refractivity contribution >= 4 is 13.7 Å². The topological polar surface area (TPSA) is 108 Å². The molecule has 2 N–H and O–H groups in total. The van der Waals surface area contributed by atoms with Gasteiger partial charge in [-0.3, -0.25) is 9.36 Å². The lowest BCUT2D eigenvalue weighted by molar-refractivity contribution is -0.870. The molecule has 0 fully saturated rings. The van der Waals surface area contributed by atoms with E-state index < -0.39 is 20.0 Å². The molecular formula is C43H87N2O6P. The van der Waals surface area contributed by atoms with Crippen LogP contribution < -0.4 is 10.2 Å². The third-order valence-corrected chi connectivity index (χ3v) is 11.0. The molecule has 0 aromatic carbocycles. The predicted molar refractivity (Wildman–Crippen MR) is 219 cm³/mol. The van der Waals surface area contributed by atoms with Crippen LogP contribution in [0.15, 0.2) is 12.2 Å². The first-order valence-electron chi connectivity index (χ1n) is 22.0. The van der Waals surface area contributed by atoms with Crippen molar-refractivity contribution in [2.45, 2.75) is 219 Å². The van der Waals surface area contributed by atoms with Crippen molar-refractivity contribution in [1.29, 1.82) is 0 Å². The van der Waals surface area contributed by atoms with Crippen molar-refractivity contribution in [3.05, 3.63) is 12.2 Å². The number of likely N-dealkylation sites (N-methyl/N-ethyl adjacent to an activating group) is 1. The summed E-state index contributed by atoms with van der Waals surface area (Å²) in [7, 11) is 1.29. The van der Waals surface area contributed by atoms with Gasteiger partial charge in [0, 0.05) is 6.42 Å². The first-order valence-corrected chi connectivity index (χ1v) is 23.5. The SMILES string of the molecule is CCCCCC/C=C/CCCC[C@@H](O)[C@H](COP(=O)([O-])OCC[N+](C)(C)C)NC(=O)CCCCCCCCCCCCCCCCCCCCCC. The van der Waals surface area contributed by atoms with Gasteiger partial charge in [0.1, 0.15) is 13.2 Å². The van der Waals surface area contributed by atoms with Crippen LogP contribution in [-0.4, -0.2) is 68.5 Å². The molecule has 0 aromatic rings. The van der Waals surface area contributed by atoms with Gasteiger partial charge in [-0.1, -0.05) is 174 Å². The summed E-state index contributed by atoms with van der Waals surface area (Å²) in [5.41, 5.74) is 0. The largest absolute Gasteiger partial charge is 0.756 e. The molecule has 0 saturated carbocycles. The molecule has 0 aliphatic heterocycles. The maximum atomic E-state index is 12.8. The number of amides is 1. The molecule has 0 heterocycles. The zero-order valence-electron chi connectivity index (χ0n) is 35.0. The summed E-state index contributed by atoms with van der Waals surface area (Å²) in [5, 5.41) is 13.8. The zero-order chi connectivity index (χ0) is 38.6. The second-order valence-corrected chi connectivity index (χ2v) is 17.8. The number of hydrogen-bond donors (Lipinski definition) is 2. The van der Waals surface area contributed by atoms with Crippen molar-refractivity contribution in [2.75, 3.05) is 40.9 Å². The Kier molecular flexibility index (Phi) is 35.4. The van der Waals surface area contributed by atoms with Crippen LogP contribution in [0.5, 0.6) is 0 Å². The highest BCUT2D eigenvalue weighted by atomic mass is 31.2. The number of carbonyl (C=O) groups excluding carboxylic acids is 1. The van der Waals surface area contributed by atoms with Crippen LogP contribution in [0.4, 0.5) is 0 Å². The zero-order valence-corrected chi connectivity index (χ0v) is 35.9. The van der Waals surface area contributed by atoms with E-state index in [9.17, 15) is 19.4 Å². The van der Waals surface area contributed by atoms with E-state index in [1.54, 1.807) is 0 Å². The molecule has 8 nitrogen and oxygen atoms in total. The summed E-state index contributed by atoms with van der Waals surface area (Å²) in [6.07, 6.45) is 39.4. The number of unbranched alkanes of at least 4 members (excludes halogenated alkanes) is 25. The van der Waals surface area contributed by atoms with Crippen LogP contribution in [-0.2, 0) is 18.4 Å². The number of phosphoric ester groups is 1. The lowest BCUT2D eigenvalue weighted by Crippen LogP contribution is -2.46. The molecule has 9 heteroatoms. The summed E-state index contributed by atoms with van der Waals surface area (Å²) in [5.74, 6) is -0.173. The molecule has 0 aromatic heterocycles. The molecule has 1 amide bonds. The summed E-state index contributed by atoms with van der Waals surface area (Å²) in [6.45, 7) is 4.68. The number of carbonyl (C=O) groups is 1. The van der Waals surface area contributed by atoms with E-state index in [0.29, 0.717) is 23.9 Å². The van der Waals surface area contributed by atoms with E-state index in [-0.39, 0.29) is 19.1 Å². The number of nitrogens with one attached hydrogen (secondary N) is 1. The van der Waals surface area contributed by atoms with Gasteiger partial charge in [-0.25, -0.2) is 0 Å². The Morgan fingerprint density at radius 2 is 1.06 bits per heavy atom. The molecule has 1 unspecified atom stereocenters. The van der Waals surface area contributed by atoms with E-state index in [2.05, 4.69) is 31.3 Å². The van der Waals surface area contributed by atoms with Crippen LogP contribution in [0.25, 0.3) is 0 Å². The molecule has 3 atom stereocenters. The Balaban J connectivity index is 4.24. The Labute approximate surface area is 322 Å². The lowest BCUT2D eigenvalue weighted by atomic mass is 10.0. The van der Waals surface area contributed by atoms with Gasteiger partial charge in [0.15, 0.2) is 0 Å². The van der Waals surface area contributed by atoms with E-state index in [1.165, 1.54) is 135 Å². The van der Waals surface area contributed by atoms with E-state index in [1.807, 2.05) is 21.1 Å². The first kappa shape index (κ1) is 51.2. The van der Waals surface area contributed by atoms with Crippen LogP contribution in [0.2, 0.25) is 0 Å². The Hall–Kier alpha value is -0.760. The number of quaternary nitrogens is 1. The number of aliphatic hydroxyl groups is 1. The summed E-state index contributed by atoms with van der Waals surface area (Å²) in [6, 6.07) is -0.809. The van der Waals surface area contributed by atoms with Crippen molar-refractivity contribution < 1.29 is 32.9 Å². The van der Waals surface area contributed by atoms with E-state index in [4.69, 9.17) is 9.05 Å². The summed E-state index contributed by atoms with van der Waals surface area (Å²) in [4.78, 5) is 25.2. The van der Waals surface area contributed by atoms with Crippen LogP contribution >= 0.6 is 7.82 Å². The number of hydrogen-bond acceptors (Lipinski definition) is 6. The van der Waals surface area contributed by atoms with Crippen molar-refractivity contribution in [1.82, 2.24) is 5.32 Å². The van der Waals surface area contributed by atoms with Crippen LogP contribution in [0, 0.1) is 0 Å². The van der Waals surface area contributed by atoms with Crippen LogP contribution in [0.1, 0.15) is 206 Å². The maximum Gasteiger partial charge on any atom is 0.268 e. The molecule has 0 saturated heterocycles. The number of aliphatic hydroxyl groups excluding tert-OH is 1. The molecule has 0 aliphatic carbocycles. The highest BCUT2D eigenvalue weighted by Gasteiger charge is 2.24. The summed E-state index contributed by atoms with van der Waals surface area (Å²) < 4.78 is 23.2. The van der Waals surface area contributed by atoms with Gasteiger partial charge in [0.25, 0.3) is 7.82 Å². The minimum Gasteiger partial charge on any atom is -0.756 e. The smallest absolute Gasteiger partial charge is 0.268 e. The monoisotopic (exact) mass is 759 g/mol. The molecule has 0 aliphatic rings. The fourth-order valence-electron chi connectivity index (χ4n) is 6.45. The quantitative estimate of drug-likeness (QED) is 0.0279. The summed E-state index contributed by atoms with van der Waals surface area (Å²) >= 11 is 0. The molecule has 0 bridgehead atoms. The standard InChI is InChI=1S/C43H87N2O6P/c1-6-8-10-12-14-16-18-19-20-21-22-23-24-25-26-27-29-31-33-35-37-43(47)44-41(40-51-52(48,49)50-39-38-45(3,4)5)42(46)36-34-32-30-28-17-15-13-11-9-7-2/h17,28,41-42,46H,6-16,18-27,29-40H2,1-5H3,(H-,44,47,48,49)/b28-17+/t41-,42+/m0/s1. The van der Waals surface area contributed by atoms with Crippen molar-refractivity contribution in [3.8, 4) is 0 Å². The molecule has 52 heavy (non-hydrogen) atoms. The number of allylic oxidation sites excluding steroid dienone is 2. The Bertz CT molecular complexity index is 865. The Morgan fingerprint density at radius 3 is 1.50 bits per heavy atom. The fourth-order valence-corrected chi connectivity index (χ4v) is 7.17. The second-order valence-electron chi connectivity index (χ2n) is 16.4. The average Bonchev–Trinajstić information content (AvgIpc) is 3.09. The second kappa shape index (κ2) is 35.9. The van der Waals surface area contributed by atoms with Gasteiger partial charge in [0.2, 0.25) is 5.91 Å². The third-order valence-electron chi connectivity index (χ3n) is 10.0. The minimum absolute atomic E-state index is 0.00934. The van der Waals surface area contributed by atoms with Gasteiger partial charge in [-0.2, -0.15) is 0 Å². The molecule has 0 spiro atoms. The van der Waals surface area contributed by atoms with Crippen LogP contribution in [0.3, 0.4) is 0 Å². The highest BCUT2D eigenvalue weighted by molar-refractivity contribution is 7.45. The van der Waals surface area contributed by atoms with Gasteiger partial charge in [0.05, 0.1) is 39.9 Å². The molecule has 0 rings (SSSR count). The highest BCUT2D eigenvalue weighted by Crippen LogP contribution is 2.38. The first-order chi connectivity index (χ1) is 25.0. The van der Waals surface area contributed by atoms with E-state index >= 15 is 0 Å². The van der Waals surface area contributed by atoms with Gasteiger partial charge < -0.3 is 28.8 Å². The third kappa shape index (κ3) is 37.6. The molecule has 310 valence electrons. The fraction of sp³-hybridized carbons (Fsp3) is 0.930. The van der Waals surface area contributed by atoms with Gasteiger partial charge in [-0.15, -0.1) is 0 Å². The number of rotatable bonds is 40. The van der Waals surface area contributed by atoms with E-state index in [0.717, 1.165) is 44.9 Å². The Morgan fingerprint density at radius 1 is 0.654 bits per heavy atom. The van der Waals surface area contributed by atoms with Gasteiger partial charge >= 0.3 is 0 Å².